The van der Waals surface area contributed by atoms with E-state index in [0.29, 0.717) is 16.3 Å². The molecule has 9 heteroatoms. The summed E-state index contributed by atoms with van der Waals surface area (Å²) in [4.78, 5) is 41.7. The number of aromatic nitrogens is 1. The highest BCUT2D eigenvalue weighted by atomic mass is 35.5. The van der Waals surface area contributed by atoms with E-state index in [4.69, 9.17) is 21.1 Å². The number of ether oxygens (including phenoxy) is 3. The van der Waals surface area contributed by atoms with Crippen molar-refractivity contribution >= 4 is 35.8 Å². The van der Waals surface area contributed by atoms with Gasteiger partial charge in [0.2, 0.25) is 0 Å². The van der Waals surface area contributed by atoms with Crippen LogP contribution in [0.4, 0.5) is 9.59 Å². The van der Waals surface area contributed by atoms with Crippen LogP contribution < -0.4 is 0 Å². The summed E-state index contributed by atoms with van der Waals surface area (Å²) in [5.41, 5.74) is -0.618. The molecule has 1 rings (SSSR count). The molecule has 1 heterocycles. The molecule has 0 radical (unpaired) electrons. The first kappa shape index (κ1) is 25.4. The number of pyridine rings is 1. The molecule has 1 aromatic heterocycles. The number of carbonyl (C=O) groups excluding carboxylic acids is 3. The lowest BCUT2D eigenvalue weighted by Crippen LogP contribution is -2.44. The van der Waals surface area contributed by atoms with Crippen molar-refractivity contribution in [1.29, 1.82) is 0 Å². The van der Waals surface area contributed by atoms with E-state index in [-0.39, 0.29) is 13.0 Å². The second-order valence-electron chi connectivity index (χ2n) is 8.38. The normalized spacial score (nSPS) is 11.9. The van der Waals surface area contributed by atoms with Gasteiger partial charge in [-0.1, -0.05) is 11.6 Å². The molecule has 0 aromatic carbocycles. The Bertz CT molecular complexity index is 781. The molecule has 0 aliphatic carbocycles. The molecule has 0 spiro atoms. The summed E-state index contributed by atoms with van der Waals surface area (Å²) in [6.07, 6.45) is 2.67. The van der Waals surface area contributed by atoms with Crippen molar-refractivity contribution in [3.8, 4) is 0 Å². The van der Waals surface area contributed by atoms with Crippen molar-refractivity contribution in [2.45, 2.75) is 59.2 Å². The first-order valence-electron chi connectivity index (χ1n) is 9.36. The van der Waals surface area contributed by atoms with E-state index in [9.17, 15) is 14.4 Å². The highest BCUT2D eigenvalue weighted by molar-refractivity contribution is 6.31. The minimum absolute atomic E-state index is 0.0612. The molecule has 0 unspecified atom stereocenters. The van der Waals surface area contributed by atoms with Gasteiger partial charge in [0, 0.05) is 23.8 Å². The molecule has 0 atom stereocenters. The molecule has 0 N–H and O–H groups in total. The highest BCUT2D eigenvalue weighted by Crippen LogP contribution is 2.22. The number of esters is 1. The van der Waals surface area contributed by atoms with Crippen LogP contribution in [0.1, 0.15) is 52.8 Å². The number of methoxy groups -OCH3 is 1. The van der Waals surface area contributed by atoms with Crippen molar-refractivity contribution in [2.75, 3.05) is 13.7 Å². The highest BCUT2D eigenvalue weighted by Gasteiger charge is 2.31. The van der Waals surface area contributed by atoms with Crippen molar-refractivity contribution in [3.05, 3.63) is 34.6 Å². The molecule has 0 fully saturated rings. The summed E-state index contributed by atoms with van der Waals surface area (Å²) < 4.78 is 15.3. The van der Waals surface area contributed by atoms with Crippen LogP contribution in [-0.4, -0.2) is 52.9 Å². The Kier molecular flexibility index (Phi) is 8.84. The van der Waals surface area contributed by atoms with E-state index in [2.05, 4.69) is 9.72 Å². The van der Waals surface area contributed by atoms with Crippen molar-refractivity contribution in [3.63, 3.8) is 0 Å². The van der Waals surface area contributed by atoms with E-state index >= 15 is 0 Å². The topological polar surface area (TPSA) is 95.0 Å². The van der Waals surface area contributed by atoms with Gasteiger partial charge in [0.05, 0.1) is 12.8 Å². The Morgan fingerprint density at radius 3 is 2.07 bits per heavy atom. The van der Waals surface area contributed by atoms with E-state index in [0.717, 1.165) is 4.90 Å². The van der Waals surface area contributed by atoms with Gasteiger partial charge in [-0.3, -0.25) is 4.98 Å². The van der Waals surface area contributed by atoms with E-state index in [1.165, 1.54) is 25.5 Å². The third kappa shape index (κ3) is 8.82. The number of carbonyl (C=O) groups is 3. The molecular weight excluding hydrogens is 412 g/mol. The fourth-order valence-corrected chi connectivity index (χ4v) is 2.45. The SMILES string of the molecule is COC(=O)C=Cc1nccc(Cl)c1CCN(C(=O)OC(C)(C)C)C(=O)OC(C)(C)C. The molecule has 0 aliphatic heterocycles. The summed E-state index contributed by atoms with van der Waals surface area (Å²) in [6, 6.07) is 1.58. The van der Waals surface area contributed by atoms with Crippen LogP contribution >= 0.6 is 11.6 Å². The third-order valence-corrected chi connectivity index (χ3v) is 3.78. The van der Waals surface area contributed by atoms with Gasteiger partial charge in [-0.05, 0) is 65.7 Å². The largest absolute Gasteiger partial charge is 0.466 e. The quantitative estimate of drug-likeness (QED) is 0.374. The number of hydrogen-bond donors (Lipinski definition) is 0. The zero-order valence-corrected chi connectivity index (χ0v) is 19.2. The predicted molar refractivity (Wildman–Crippen MR) is 113 cm³/mol. The summed E-state index contributed by atoms with van der Waals surface area (Å²) in [5.74, 6) is -0.549. The van der Waals surface area contributed by atoms with Gasteiger partial charge in [-0.15, -0.1) is 0 Å². The average Bonchev–Trinajstić information content (AvgIpc) is 2.58. The van der Waals surface area contributed by atoms with E-state index in [1.807, 2.05) is 0 Å². The monoisotopic (exact) mass is 440 g/mol. The molecule has 0 aliphatic rings. The average molecular weight is 441 g/mol. The second kappa shape index (κ2) is 10.4. The maximum absolute atomic E-state index is 12.6. The van der Waals surface area contributed by atoms with E-state index in [1.54, 1.807) is 47.6 Å². The molecule has 2 amide bonds. The Labute approximate surface area is 182 Å². The molecule has 0 bridgehead atoms. The minimum Gasteiger partial charge on any atom is -0.466 e. The van der Waals surface area contributed by atoms with Crippen LogP contribution in [0, 0.1) is 0 Å². The Morgan fingerprint density at radius 2 is 1.60 bits per heavy atom. The van der Waals surface area contributed by atoms with Gasteiger partial charge in [-0.25, -0.2) is 19.3 Å². The van der Waals surface area contributed by atoms with Crippen molar-refractivity contribution in [1.82, 2.24) is 9.88 Å². The smallest absolute Gasteiger partial charge is 0.419 e. The zero-order valence-electron chi connectivity index (χ0n) is 18.4. The van der Waals surface area contributed by atoms with Gasteiger partial charge in [0.25, 0.3) is 0 Å². The molecule has 30 heavy (non-hydrogen) atoms. The molecular formula is C21H29ClN2O6. The number of rotatable bonds is 5. The Hall–Kier alpha value is -2.61. The number of amides is 2. The fraction of sp³-hybridized carbons (Fsp3) is 0.524. The molecule has 1 aromatic rings. The van der Waals surface area contributed by atoms with Gasteiger partial charge < -0.3 is 14.2 Å². The van der Waals surface area contributed by atoms with Crippen LogP contribution in [0.15, 0.2) is 18.3 Å². The van der Waals surface area contributed by atoms with Crippen LogP contribution in [0.5, 0.6) is 0 Å². The number of hydrogen-bond acceptors (Lipinski definition) is 7. The fourth-order valence-electron chi connectivity index (χ4n) is 2.20. The summed E-state index contributed by atoms with van der Waals surface area (Å²) in [6.45, 7) is 10.1. The zero-order chi connectivity index (χ0) is 23.1. The molecule has 0 saturated heterocycles. The first-order valence-corrected chi connectivity index (χ1v) is 9.74. The lowest BCUT2D eigenvalue weighted by Gasteiger charge is -2.28. The molecule has 166 valence electrons. The summed E-state index contributed by atoms with van der Waals surface area (Å²) in [5, 5.41) is 0.378. The first-order chi connectivity index (χ1) is 13.7. The van der Waals surface area contributed by atoms with Gasteiger partial charge in [-0.2, -0.15) is 0 Å². The second-order valence-corrected chi connectivity index (χ2v) is 8.78. The maximum atomic E-state index is 12.6. The van der Waals surface area contributed by atoms with Gasteiger partial charge >= 0.3 is 18.2 Å². The number of nitrogens with zero attached hydrogens (tertiary/aromatic N) is 2. The molecule has 0 saturated carbocycles. The van der Waals surface area contributed by atoms with Gasteiger partial charge in [0.1, 0.15) is 11.2 Å². The number of halogens is 1. The standard InChI is InChI=1S/C21H29ClN2O6/c1-20(2,3)29-18(26)24(19(27)30-21(4,5)6)13-11-14-15(22)10-12-23-16(14)8-9-17(25)28-7/h8-10,12H,11,13H2,1-7H3. The van der Waals surface area contributed by atoms with Crippen LogP contribution in [0.2, 0.25) is 5.02 Å². The predicted octanol–water partition coefficient (Wildman–Crippen LogP) is 4.64. The van der Waals surface area contributed by atoms with Crippen LogP contribution in [0.3, 0.4) is 0 Å². The Morgan fingerprint density at radius 1 is 1.07 bits per heavy atom. The van der Waals surface area contributed by atoms with Crippen molar-refractivity contribution in [2.24, 2.45) is 0 Å². The number of imide groups is 1. The maximum Gasteiger partial charge on any atom is 0.419 e. The molecule has 8 nitrogen and oxygen atoms in total. The summed E-state index contributed by atoms with van der Waals surface area (Å²) >= 11 is 6.29. The summed E-state index contributed by atoms with van der Waals surface area (Å²) in [7, 11) is 1.26. The van der Waals surface area contributed by atoms with Crippen LogP contribution in [0.25, 0.3) is 6.08 Å². The Balaban J connectivity index is 3.14. The lowest BCUT2D eigenvalue weighted by atomic mass is 10.1. The van der Waals surface area contributed by atoms with E-state index < -0.39 is 29.4 Å². The van der Waals surface area contributed by atoms with Crippen molar-refractivity contribution < 1.29 is 28.6 Å². The minimum atomic E-state index is -0.830. The lowest BCUT2D eigenvalue weighted by molar-refractivity contribution is -0.134. The van der Waals surface area contributed by atoms with Crippen LogP contribution in [-0.2, 0) is 25.4 Å². The third-order valence-electron chi connectivity index (χ3n) is 3.42. The van der Waals surface area contributed by atoms with Gasteiger partial charge in [0.15, 0.2) is 0 Å².